The fourth-order valence-electron chi connectivity index (χ4n) is 1.33. The van der Waals surface area contributed by atoms with E-state index >= 15 is 0 Å². The highest BCUT2D eigenvalue weighted by molar-refractivity contribution is 6.42. The van der Waals surface area contributed by atoms with E-state index in [0.29, 0.717) is 0 Å². The Morgan fingerprint density at radius 3 is 2.14 bits per heavy atom. The van der Waals surface area contributed by atoms with E-state index in [1.165, 1.54) is 12.1 Å². The van der Waals surface area contributed by atoms with E-state index in [-0.39, 0.29) is 28.6 Å². The van der Waals surface area contributed by atoms with E-state index < -0.39 is 17.6 Å². The Morgan fingerprint density at radius 1 is 1.09 bits per heavy atom. The van der Waals surface area contributed by atoms with Crippen molar-refractivity contribution in [2.75, 3.05) is 0 Å². The molecule has 0 saturated carbocycles. The molecule has 2 amide bonds. The molecule has 1 aromatic rings. The first-order valence-corrected chi connectivity index (χ1v) is 6.12. The van der Waals surface area contributed by atoms with Crippen molar-refractivity contribution < 1.29 is 34.1 Å². The molecule has 0 unspecified atom stereocenters. The van der Waals surface area contributed by atoms with Gasteiger partial charge in [-0.15, -0.1) is 0 Å². The van der Waals surface area contributed by atoms with Crippen molar-refractivity contribution in [1.82, 2.24) is 10.6 Å². The van der Waals surface area contributed by atoms with Crippen LogP contribution in [0.4, 0.5) is 0 Å². The molecule has 0 aliphatic rings. The van der Waals surface area contributed by atoms with Crippen molar-refractivity contribution in [3.05, 3.63) is 28.2 Å². The molecule has 1 aromatic carbocycles. The van der Waals surface area contributed by atoms with Crippen LogP contribution in [0.3, 0.4) is 0 Å². The Labute approximate surface area is 133 Å². The van der Waals surface area contributed by atoms with Crippen molar-refractivity contribution in [2.24, 2.45) is 0 Å². The number of ether oxygens (including phenoxy) is 1. The van der Waals surface area contributed by atoms with Crippen LogP contribution in [0.2, 0.25) is 10.0 Å². The molecule has 11 heteroatoms. The van der Waals surface area contributed by atoms with Crippen LogP contribution >= 0.6 is 23.2 Å². The van der Waals surface area contributed by atoms with Crippen molar-refractivity contribution in [3.63, 3.8) is 0 Å². The van der Waals surface area contributed by atoms with Crippen LogP contribution in [0.1, 0.15) is 0 Å². The number of hydrogen-bond donors (Lipinski definition) is 3. The van der Waals surface area contributed by atoms with Gasteiger partial charge in [0.2, 0.25) is 12.8 Å². The second-order valence-corrected chi connectivity index (χ2v) is 4.43. The summed E-state index contributed by atoms with van der Waals surface area (Å²) in [6, 6.07) is 3.69. The number of carbonyl (C=O) groups excluding carboxylic acids is 4. The van der Waals surface area contributed by atoms with Gasteiger partial charge in [-0.3, -0.25) is 14.5 Å². The zero-order chi connectivity index (χ0) is 16.8. The van der Waals surface area contributed by atoms with E-state index in [9.17, 15) is 19.2 Å². The summed E-state index contributed by atoms with van der Waals surface area (Å²) < 4.78 is 4.81. The molecule has 0 aliphatic carbocycles. The Hall–Kier alpha value is -2.36. The second-order valence-electron chi connectivity index (χ2n) is 3.62. The first-order chi connectivity index (χ1) is 10.4. The quantitative estimate of drug-likeness (QED) is 0.121. The lowest BCUT2D eigenvalue weighted by Gasteiger charge is -2.25. The molecular weight excluding hydrogens is 343 g/mol. The van der Waals surface area contributed by atoms with E-state index in [2.05, 4.69) is 4.89 Å². The van der Waals surface area contributed by atoms with Crippen LogP contribution in [-0.4, -0.2) is 35.7 Å². The molecule has 0 fully saturated rings. The van der Waals surface area contributed by atoms with Crippen LogP contribution in [0, 0.1) is 0 Å². The Bertz CT molecular complexity index is 598. The molecule has 0 atom stereocenters. The van der Waals surface area contributed by atoms with Crippen LogP contribution in [-0.2, 0) is 24.1 Å². The first-order valence-electron chi connectivity index (χ1n) is 5.37. The third-order valence-corrected chi connectivity index (χ3v) is 3.09. The van der Waals surface area contributed by atoms with Crippen LogP contribution in [0.5, 0.6) is 5.75 Å². The lowest BCUT2D eigenvalue weighted by molar-refractivity contribution is -0.242. The van der Waals surface area contributed by atoms with Crippen LogP contribution in [0.15, 0.2) is 18.2 Å². The molecule has 0 saturated heterocycles. The van der Waals surface area contributed by atoms with Gasteiger partial charge < -0.3 is 15.4 Å². The molecule has 0 spiro atoms. The average molecular weight is 351 g/mol. The molecule has 0 aromatic heterocycles. The lowest BCUT2D eigenvalue weighted by atomic mass is 10.1. The summed E-state index contributed by atoms with van der Waals surface area (Å²) in [5, 5.41) is 12.0. The summed E-state index contributed by atoms with van der Waals surface area (Å²) in [5.41, 5.74) is -2.77. The van der Waals surface area contributed by atoms with Gasteiger partial charge in [0.1, 0.15) is 5.75 Å². The Morgan fingerprint density at radius 2 is 1.68 bits per heavy atom. The number of esters is 1. The molecular formula is C11H8Cl2N2O7. The predicted molar refractivity (Wildman–Crippen MR) is 71.9 cm³/mol. The summed E-state index contributed by atoms with van der Waals surface area (Å²) in [4.78, 5) is 48.1. The van der Waals surface area contributed by atoms with Gasteiger partial charge in [-0.05, 0) is 12.1 Å². The van der Waals surface area contributed by atoms with Gasteiger partial charge in [-0.1, -0.05) is 23.2 Å². The number of halogens is 2. The molecule has 3 N–H and O–H groups in total. The smallest absolute Gasteiger partial charge is 0.399 e. The number of benzene rings is 1. The van der Waals surface area contributed by atoms with Crippen molar-refractivity contribution in [3.8, 4) is 5.75 Å². The van der Waals surface area contributed by atoms with Gasteiger partial charge in [-0.25, -0.2) is 9.59 Å². The SMILES string of the molecule is O=CNC(NC=O)(C(=O)OO)C(=O)Oc1ccc(Cl)c(Cl)c1. The molecule has 0 heterocycles. The van der Waals surface area contributed by atoms with Crippen molar-refractivity contribution >= 4 is 48.0 Å². The fourth-order valence-corrected chi connectivity index (χ4v) is 1.62. The molecule has 0 aliphatic heterocycles. The monoisotopic (exact) mass is 350 g/mol. The highest BCUT2D eigenvalue weighted by Crippen LogP contribution is 2.26. The molecule has 0 radical (unpaired) electrons. The fraction of sp³-hybridized carbons (Fsp3) is 0.0909. The first kappa shape index (κ1) is 17.7. The van der Waals surface area contributed by atoms with E-state index in [4.69, 9.17) is 33.2 Å². The lowest BCUT2D eigenvalue weighted by Crippen LogP contribution is -2.68. The summed E-state index contributed by atoms with van der Waals surface area (Å²) in [5.74, 6) is -3.31. The topological polar surface area (TPSA) is 131 Å². The largest absolute Gasteiger partial charge is 0.423 e. The van der Waals surface area contributed by atoms with Crippen LogP contribution < -0.4 is 15.4 Å². The summed E-state index contributed by atoms with van der Waals surface area (Å²) in [6.45, 7) is 0. The maximum Gasteiger partial charge on any atom is 0.399 e. The summed E-state index contributed by atoms with van der Waals surface area (Å²) in [7, 11) is 0. The Kier molecular flexibility index (Phi) is 6.11. The molecule has 22 heavy (non-hydrogen) atoms. The molecule has 118 valence electrons. The minimum Gasteiger partial charge on any atom is -0.423 e. The molecule has 0 bridgehead atoms. The minimum atomic E-state index is -2.77. The maximum atomic E-state index is 12.1. The zero-order valence-electron chi connectivity index (χ0n) is 10.5. The summed E-state index contributed by atoms with van der Waals surface area (Å²) >= 11 is 11.4. The zero-order valence-corrected chi connectivity index (χ0v) is 12.1. The van der Waals surface area contributed by atoms with Crippen molar-refractivity contribution in [1.29, 1.82) is 0 Å². The average Bonchev–Trinajstić information content (AvgIpc) is 2.49. The highest BCUT2D eigenvalue weighted by Gasteiger charge is 2.50. The standard InChI is InChI=1S/C11H8Cl2N2O7/c12-7-2-1-6(3-8(7)13)21-9(18)11(14-4-16,15-5-17)10(19)22-20/h1-5,20H,(H,14,16)(H,15,17). The van der Waals surface area contributed by atoms with Gasteiger partial charge in [0.15, 0.2) is 0 Å². The number of rotatable bonds is 7. The van der Waals surface area contributed by atoms with Crippen LogP contribution in [0.25, 0.3) is 0 Å². The second kappa shape index (κ2) is 7.59. The van der Waals surface area contributed by atoms with Gasteiger partial charge in [0.25, 0.3) is 0 Å². The van der Waals surface area contributed by atoms with Gasteiger partial charge in [0.05, 0.1) is 10.0 Å². The Balaban J connectivity index is 3.14. The van der Waals surface area contributed by atoms with Crippen molar-refractivity contribution in [2.45, 2.75) is 5.66 Å². The number of carbonyl (C=O) groups is 4. The maximum absolute atomic E-state index is 12.1. The summed E-state index contributed by atoms with van der Waals surface area (Å²) in [6.07, 6.45) is -0.160. The van der Waals surface area contributed by atoms with E-state index in [0.717, 1.165) is 6.07 Å². The van der Waals surface area contributed by atoms with Gasteiger partial charge >= 0.3 is 17.6 Å². The number of amides is 2. The van der Waals surface area contributed by atoms with E-state index in [1.807, 2.05) is 0 Å². The number of nitrogens with one attached hydrogen (secondary N) is 2. The minimum absolute atomic E-state index is 0.0500. The predicted octanol–water partition coefficient (Wildman–Crippen LogP) is 0.103. The molecule has 1 rings (SSSR count). The molecule has 9 nitrogen and oxygen atoms in total. The normalized spacial score (nSPS) is 10.3. The third-order valence-electron chi connectivity index (χ3n) is 2.35. The highest BCUT2D eigenvalue weighted by atomic mass is 35.5. The number of hydrogen-bond acceptors (Lipinski definition) is 7. The van der Waals surface area contributed by atoms with Gasteiger partial charge in [-0.2, -0.15) is 5.26 Å². The van der Waals surface area contributed by atoms with Gasteiger partial charge in [0, 0.05) is 6.07 Å². The van der Waals surface area contributed by atoms with E-state index in [1.54, 1.807) is 10.6 Å². The third kappa shape index (κ3) is 3.64.